The molecule has 0 saturated heterocycles. The lowest BCUT2D eigenvalue weighted by Gasteiger charge is -2.26. The fraction of sp³-hybridized carbons (Fsp3) is 0.357. The minimum absolute atomic E-state index is 1.11. The van der Waals surface area contributed by atoms with Gasteiger partial charge < -0.3 is 4.90 Å². The van der Waals surface area contributed by atoms with Gasteiger partial charge in [0.05, 0.1) is 5.52 Å². The fourth-order valence-corrected chi connectivity index (χ4v) is 2.46. The number of aryl methyl sites for hydroxylation is 2. The molecule has 0 aliphatic carbocycles. The second-order valence-electron chi connectivity index (χ2n) is 4.69. The van der Waals surface area contributed by atoms with E-state index in [9.17, 15) is 0 Å². The minimum Gasteiger partial charge on any atom is -0.359 e. The lowest BCUT2D eigenvalue weighted by molar-refractivity contribution is 0.733. The number of fused-ring (bicyclic) bond motifs is 2. The Bertz CT molecular complexity index is 546. The third-order valence-electron chi connectivity index (χ3n) is 3.33. The summed E-state index contributed by atoms with van der Waals surface area (Å²) in [4.78, 5) is 7.03. The summed E-state index contributed by atoms with van der Waals surface area (Å²) < 4.78 is 0. The third-order valence-corrected chi connectivity index (χ3v) is 3.33. The molecule has 16 heavy (non-hydrogen) atoms. The van der Waals surface area contributed by atoms with E-state index in [1.54, 1.807) is 0 Å². The van der Waals surface area contributed by atoms with E-state index in [4.69, 9.17) is 4.98 Å². The average Bonchev–Trinajstić information content (AvgIpc) is 2.27. The summed E-state index contributed by atoms with van der Waals surface area (Å²) in [6, 6.07) is 8.77. The Morgan fingerprint density at radius 2 is 2.12 bits per heavy atom. The minimum atomic E-state index is 1.11. The third kappa shape index (κ3) is 1.45. The molecule has 0 amide bonds. The van der Waals surface area contributed by atoms with Crippen molar-refractivity contribution in [2.75, 3.05) is 18.5 Å². The lowest BCUT2D eigenvalue weighted by Crippen LogP contribution is -2.25. The monoisotopic (exact) mass is 212 g/mol. The normalized spacial score (nSPS) is 15.2. The lowest BCUT2D eigenvalue weighted by atomic mass is 10.0. The first-order valence-electron chi connectivity index (χ1n) is 5.85. The molecule has 0 radical (unpaired) electrons. The molecule has 1 aromatic heterocycles. The zero-order valence-corrected chi connectivity index (χ0v) is 9.83. The number of benzene rings is 1. The Labute approximate surface area is 95.9 Å². The smallest absolute Gasteiger partial charge is 0.132 e. The predicted octanol–water partition coefficient (Wildman–Crippen LogP) is 2.93. The van der Waals surface area contributed by atoms with E-state index in [1.165, 1.54) is 28.8 Å². The highest BCUT2D eigenvalue weighted by Crippen LogP contribution is 2.27. The molecular weight excluding hydrogens is 196 g/mol. The van der Waals surface area contributed by atoms with Crippen molar-refractivity contribution in [1.29, 1.82) is 0 Å². The Balaban J connectivity index is 2.26. The summed E-state index contributed by atoms with van der Waals surface area (Å²) in [7, 11) is 2.13. The van der Waals surface area contributed by atoms with Crippen molar-refractivity contribution < 1.29 is 0 Å². The molecule has 2 heterocycles. The second-order valence-corrected chi connectivity index (χ2v) is 4.69. The SMILES string of the molecule is Cc1ccc2nc3c(cc2c1)CCCN3C. The molecular formula is C14H16N2. The Morgan fingerprint density at radius 3 is 3.00 bits per heavy atom. The Morgan fingerprint density at radius 1 is 1.25 bits per heavy atom. The molecule has 0 saturated carbocycles. The number of hydrogen-bond acceptors (Lipinski definition) is 2. The summed E-state index contributed by atoms with van der Waals surface area (Å²) in [5.41, 5.74) is 3.81. The topological polar surface area (TPSA) is 16.1 Å². The maximum absolute atomic E-state index is 4.76. The van der Waals surface area contributed by atoms with Gasteiger partial charge in [0.15, 0.2) is 0 Å². The van der Waals surface area contributed by atoms with Crippen LogP contribution in [0.25, 0.3) is 10.9 Å². The molecule has 82 valence electrons. The molecule has 0 bridgehead atoms. The predicted molar refractivity (Wildman–Crippen MR) is 68.1 cm³/mol. The molecule has 2 nitrogen and oxygen atoms in total. The first kappa shape index (κ1) is 9.64. The van der Waals surface area contributed by atoms with Crippen LogP contribution < -0.4 is 4.90 Å². The average molecular weight is 212 g/mol. The highest BCUT2D eigenvalue weighted by molar-refractivity contribution is 5.82. The zero-order valence-electron chi connectivity index (χ0n) is 9.83. The summed E-state index contributed by atoms with van der Waals surface area (Å²) in [5, 5.41) is 1.27. The van der Waals surface area contributed by atoms with Gasteiger partial charge >= 0.3 is 0 Å². The molecule has 1 aliphatic heterocycles. The quantitative estimate of drug-likeness (QED) is 0.667. The number of rotatable bonds is 0. The standard InChI is InChI=1S/C14H16N2/c1-10-5-6-13-12(8-10)9-11-4-3-7-16(2)14(11)15-13/h5-6,8-9H,3-4,7H2,1-2H3. The van der Waals surface area contributed by atoms with Crippen LogP contribution in [0.3, 0.4) is 0 Å². The van der Waals surface area contributed by atoms with Gasteiger partial charge in [0.2, 0.25) is 0 Å². The molecule has 0 N–H and O–H groups in total. The molecule has 2 aromatic rings. The van der Waals surface area contributed by atoms with Crippen molar-refractivity contribution >= 4 is 16.7 Å². The van der Waals surface area contributed by atoms with E-state index in [0.717, 1.165) is 18.5 Å². The molecule has 1 aromatic carbocycles. The van der Waals surface area contributed by atoms with Crippen LogP contribution in [0.2, 0.25) is 0 Å². The van der Waals surface area contributed by atoms with Crippen LogP contribution in [0.15, 0.2) is 24.3 Å². The van der Waals surface area contributed by atoms with Crippen LogP contribution in [0.5, 0.6) is 0 Å². The molecule has 3 rings (SSSR count). The first-order chi connectivity index (χ1) is 7.74. The van der Waals surface area contributed by atoms with Crippen LogP contribution >= 0.6 is 0 Å². The van der Waals surface area contributed by atoms with E-state index in [0.29, 0.717) is 0 Å². The summed E-state index contributed by atoms with van der Waals surface area (Å²) in [6.07, 6.45) is 2.40. The first-order valence-corrected chi connectivity index (χ1v) is 5.85. The molecule has 1 aliphatic rings. The van der Waals surface area contributed by atoms with Crippen molar-refractivity contribution in [2.24, 2.45) is 0 Å². The molecule has 0 spiro atoms. The van der Waals surface area contributed by atoms with Gasteiger partial charge in [-0.3, -0.25) is 0 Å². The van der Waals surface area contributed by atoms with Crippen molar-refractivity contribution in [2.45, 2.75) is 19.8 Å². The number of aromatic nitrogens is 1. The van der Waals surface area contributed by atoms with E-state index >= 15 is 0 Å². The van der Waals surface area contributed by atoms with Crippen LogP contribution in [-0.2, 0) is 6.42 Å². The second kappa shape index (κ2) is 3.48. The summed E-state index contributed by atoms with van der Waals surface area (Å²) in [5.74, 6) is 1.17. The van der Waals surface area contributed by atoms with E-state index < -0.39 is 0 Å². The van der Waals surface area contributed by atoms with Gasteiger partial charge in [-0.1, -0.05) is 11.6 Å². The molecule has 0 fully saturated rings. The zero-order chi connectivity index (χ0) is 11.1. The van der Waals surface area contributed by atoms with Gasteiger partial charge in [-0.25, -0.2) is 4.98 Å². The highest BCUT2D eigenvalue weighted by Gasteiger charge is 2.15. The van der Waals surface area contributed by atoms with Crippen molar-refractivity contribution in [3.63, 3.8) is 0 Å². The van der Waals surface area contributed by atoms with Crippen LogP contribution in [0.1, 0.15) is 17.5 Å². The largest absolute Gasteiger partial charge is 0.359 e. The molecule has 0 atom stereocenters. The van der Waals surface area contributed by atoms with Crippen molar-refractivity contribution in [3.05, 3.63) is 35.4 Å². The van der Waals surface area contributed by atoms with Gasteiger partial charge in [0, 0.05) is 19.0 Å². The maximum Gasteiger partial charge on any atom is 0.132 e. The van der Waals surface area contributed by atoms with Crippen LogP contribution in [0, 0.1) is 6.92 Å². The van der Waals surface area contributed by atoms with Crippen molar-refractivity contribution in [1.82, 2.24) is 4.98 Å². The van der Waals surface area contributed by atoms with Crippen molar-refractivity contribution in [3.8, 4) is 0 Å². The molecule has 2 heteroatoms. The van der Waals surface area contributed by atoms with Gasteiger partial charge in [0.25, 0.3) is 0 Å². The maximum atomic E-state index is 4.76. The van der Waals surface area contributed by atoms with Gasteiger partial charge in [-0.15, -0.1) is 0 Å². The Hall–Kier alpha value is -1.57. The highest BCUT2D eigenvalue weighted by atomic mass is 15.2. The fourth-order valence-electron chi connectivity index (χ4n) is 2.46. The number of pyridine rings is 1. The summed E-state index contributed by atoms with van der Waals surface area (Å²) >= 11 is 0. The van der Waals surface area contributed by atoms with Gasteiger partial charge in [0.1, 0.15) is 5.82 Å². The van der Waals surface area contributed by atoms with E-state index in [2.05, 4.69) is 43.1 Å². The van der Waals surface area contributed by atoms with E-state index in [1.807, 2.05) is 0 Å². The number of anilines is 1. The Kier molecular flexibility index (Phi) is 2.10. The van der Waals surface area contributed by atoms with E-state index in [-0.39, 0.29) is 0 Å². The number of hydrogen-bond donors (Lipinski definition) is 0. The molecule has 0 unspecified atom stereocenters. The van der Waals surface area contributed by atoms with Crippen LogP contribution in [-0.4, -0.2) is 18.6 Å². The van der Waals surface area contributed by atoms with Crippen LogP contribution in [0.4, 0.5) is 5.82 Å². The van der Waals surface area contributed by atoms with Gasteiger partial charge in [-0.2, -0.15) is 0 Å². The number of nitrogens with zero attached hydrogens (tertiary/aromatic N) is 2. The van der Waals surface area contributed by atoms with Gasteiger partial charge in [-0.05, 0) is 43.5 Å². The summed E-state index contributed by atoms with van der Waals surface area (Å²) in [6.45, 7) is 3.25.